The maximum atomic E-state index is 12.5. The van der Waals surface area contributed by atoms with Gasteiger partial charge < -0.3 is 18.8 Å². The molecular weight excluding hydrogens is 405 g/mol. The molecule has 1 heterocycles. The first kappa shape index (κ1) is 22.5. The first-order valence-corrected chi connectivity index (χ1v) is 11.3. The summed E-state index contributed by atoms with van der Waals surface area (Å²) >= 11 is 0. The van der Waals surface area contributed by atoms with E-state index in [1.807, 2.05) is 60.7 Å². The molecule has 4 rings (SSSR count). The van der Waals surface area contributed by atoms with E-state index in [0.717, 1.165) is 30.4 Å². The molecule has 1 saturated carbocycles. The quantitative estimate of drug-likeness (QED) is 0.645. The number of ketones is 1. The second-order valence-corrected chi connectivity index (χ2v) is 8.97. The van der Waals surface area contributed by atoms with Crippen LogP contribution in [-0.2, 0) is 25.6 Å². The summed E-state index contributed by atoms with van der Waals surface area (Å²) in [7, 11) is 0. The smallest absolute Gasteiger partial charge is 0.549 e. The zero-order chi connectivity index (χ0) is 22.6. The third-order valence-corrected chi connectivity index (χ3v) is 6.71. The highest BCUT2D eigenvalue weighted by molar-refractivity contribution is 6.68. The Kier molecular flexibility index (Phi) is 6.60. The van der Waals surface area contributed by atoms with Gasteiger partial charge in [0.15, 0.2) is 5.78 Å². The summed E-state index contributed by atoms with van der Waals surface area (Å²) in [6, 6.07) is 19.2. The molecule has 2 aliphatic rings. The number of hydrogen-bond acceptors (Lipinski definition) is 5. The van der Waals surface area contributed by atoms with Gasteiger partial charge in [-0.3, -0.25) is 9.59 Å². The summed E-state index contributed by atoms with van der Waals surface area (Å²) in [6.07, 6.45) is 4.07. The van der Waals surface area contributed by atoms with E-state index in [1.54, 1.807) is 12.1 Å². The van der Waals surface area contributed by atoms with Crippen LogP contribution in [0.3, 0.4) is 0 Å². The zero-order valence-electron chi connectivity index (χ0n) is 18.4. The lowest BCUT2D eigenvalue weighted by Crippen LogP contribution is -2.72. The Hall–Kier alpha value is -2.74. The molecule has 7 heteroatoms. The minimum absolute atomic E-state index is 0.0250. The Morgan fingerprint density at radius 2 is 1.84 bits per heavy atom. The number of benzene rings is 2. The number of carbonyl (C=O) groups excluding carboxylic acids is 2. The SMILES string of the molecule is CC(=O)C[N+]1([C@@H]2CCC[C@H]2OCc2ccccc2)CC(=O)O[B-]1(O)/C=C/c1ccccc1. The van der Waals surface area contributed by atoms with Crippen molar-refractivity contribution in [3.05, 3.63) is 77.8 Å². The van der Waals surface area contributed by atoms with E-state index in [2.05, 4.69) is 0 Å². The van der Waals surface area contributed by atoms with E-state index in [4.69, 9.17) is 9.39 Å². The van der Waals surface area contributed by atoms with Gasteiger partial charge in [-0.15, -0.1) is 5.98 Å². The summed E-state index contributed by atoms with van der Waals surface area (Å²) in [5.74, 6) is 1.00. The van der Waals surface area contributed by atoms with Gasteiger partial charge in [0.2, 0.25) is 0 Å². The second-order valence-electron chi connectivity index (χ2n) is 8.97. The number of Topliss-reactive ketones (excluding diaryl/α,β-unsaturated/α-hetero) is 1. The second kappa shape index (κ2) is 9.41. The Balaban J connectivity index is 1.65. The number of ether oxygens (including phenoxy) is 1. The summed E-state index contributed by atoms with van der Waals surface area (Å²) in [5, 5.41) is 11.7. The van der Waals surface area contributed by atoms with Crippen molar-refractivity contribution in [3.63, 3.8) is 0 Å². The van der Waals surface area contributed by atoms with Gasteiger partial charge in [0.25, 0.3) is 0 Å². The summed E-state index contributed by atoms with van der Waals surface area (Å²) in [4.78, 5) is 24.9. The van der Waals surface area contributed by atoms with Gasteiger partial charge in [-0.2, -0.15) is 0 Å². The molecule has 1 aliphatic heterocycles. The maximum absolute atomic E-state index is 12.5. The Labute approximate surface area is 189 Å². The van der Waals surface area contributed by atoms with Gasteiger partial charge in [-0.25, -0.2) is 0 Å². The van der Waals surface area contributed by atoms with Crippen LogP contribution in [0.2, 0.25) is 0 Å². The molecule has 6 nitrogen and oxygen atoms in total. The van der Waals surface area contributed by atoms with Crippen LogP contribution in [0.1, 0.15) is 37.3 Å². The molecule has 1 saturated heterocycles. The van der Waals surface area contributed by atoms with Crippen molar-refractivity contribution in [2.75, 3.05) is 13.1 Å². The van der Waals surface area contributed by atoms with Crippen molar-refractivity contribution in [2.24, 2.45) is 0 Å². The highest BCUT2D eigenvalue weighted by Crippen LogP contribution is 2.40. The van der Waals surface area contributed by atoms with Gasteiger partial charge in [0.1, 0.15) is 19.2 Å². The summed E-state index contributed by atoms with van der Waals surface area (Å²) in [5.41, 5.74) is 1.95. The average Bonchev–Trinajstić information content (AvgIpc) is 3.35. The van der Waals surface area contributed by atoms with Crippen molar-refractivity contribution in [2.45, 2.75) is 44.9 Å². The van der Waals surface area contributed by atoms with Crippen LogP contribution in [0.5, 0.6) is 0 Å². The molecule has 168 valence electrons. The van der Waals surface area contributed by atoms with Crippen LogP contribution in [0.4, 0.5) is 0 Å². The normalized spacial score (nSPS) is 30.0. The highest BCUT2D eigenvalue weighted by Gasteiger charge is 2.61. The lowest BCUT2D eigenvalue weighted by atomic mass is 9.64. The fraction of sp³-hybridized carbons (Fsp3) is 0.360. The van der Waals surface area contributed by atoms with Crippen LogP contribution in [0.15, 0.2) is 66.6 Å². The van der Waals surface area contributed by atoms with Gasteiger partial charge in [-0.05, 0) is 30.4 Å². The molecule has 0 bridgehead atoms. The molecule has 0 spiro atoms. The first-order chi connectivity index (χ1) is 15.4. The van der Waals surface area contributed by atoms with Crippen molar-refractivity contribution < 1.29 is 28.4 Å². The third kappa shape index (κ3) is 4.55. The molecule has 2 unspecified atom stereocenters. The molecule has 1 N–H and O–H groups in total. The molecule has 2 aromatic carbocycles. The van der Waals surface area contributed by atoms with E-state index in [-0.39, 0.29) is 35.4 Å². The lowest BCUT2D eigenvalue weighted by molar-refractivity contribution is -0.852. The topological polar surface area (TPSA) is 72.8 Å². The van der Waals surface area contributed by atoms with Gasteiger partial charge in [0, 0.05) is 6.92 Å². The summed E-state index contributed by atoms with van der Waals surface area (Å²) in [6.45, 7) is -0.833. The Bertz CT molecular complexity index is 982. The fourth-order valence-corrected chi connectivity index (χ4v) is 5.29. The van der Waals surface area contributed by atoms with Gasteiger partial charge >= 0.3 is 12.7 Å². The molecule has 1 aliphatic carbocycles. The van der Waals surface area contributed by atoms with E-state index in [1.165, 1.54) is 6.92 Å². The first-order valence-electron chi connectivity index (χ1n) is 11.3. The molecule has 0 aromatic heterocycles. The number of nitrogens with zero attached hydrogens (tertiary/aromatic N) is 1. The van der Waals surface area contributed by atoms with Crippen LogP contribution in [-0.4, -0.2) is 53.1 Å². The number of carbonyl (C=O) groups is 2. The number of rotatable bonds is 8. The number of quaternary nitrogens is 1. The predicted molar refractivity (Wildman–Crippen MR) is 123 cm³/mol. The van der Waals surface area contributed by atoms with E-state index < -0.39 is 12.7 Å². The maximum Gasteiger partial charge on any atom is 0.549 e. The molecule has 0 radical (unpaired) electrons. The predicted octanol–water partition coefficient (Wildman–Crippen LogP) is 3.27. The van der Waals surface area contributed by atoms with E-state index in [0.29, 0.717) is 6.61 Å². The highest BCUT2D eigenvalue weighted by atomic mass is 16.6. The standard InChI is InChI=1S/C25H30BNO5/c1-20(28)17-27(23-13-8-14-24(23)31-19-22-11-6-3-7-12-22)18-25(29)32-26(27,30)16-15-21-9-4-2-5-10-21/h2-7,9-12,15-16,23-24,30H,8,13-14,17-19H2,1H3/b16-15+/t23-,24-,26?,27?/m1/s1. The Morgan fingerprint density at radius 3 is 2.53 bits per heavy atom. The van der Waals surface area contributed by atoms with Gasteiger partial charge in [0.05, 0.1) is 12.6 Å². The van der Waals surface area contributed by atoms with Crippen molar-refractivity contribution in [3.8, 4) is 0 Å². The third-order valence-electron chi connectivity index (χ3n) is 6.71. The van der Waals surface area contributed by atoms with Crippen LogP contribution < -0.4 is 0 Å². The molecule has 2 aromatic rings. The molecule has 2 fully saturated rings. The minimum Gasteiger partial charge on any atom is -0.607 e. The van der Waals surface area contributed by atoms with E-state index >= 15 is 0 Å². The largest absolute Gasteiger partial charge is 0.607 e. The monoisotopic (exact) mass is 435 g/mol. The zero-order valence-corrected chi connectivity index (χ0v) is 18.4. The van der Waals surface area contributed by atoms with Gasteiger partial charge in [-0.1, -0.05) is 66.7 Å². The van der Waals surface area contributed by atoms with Crippen molar-refractivity contribution in [1.82, 2.24) is 0 Å². The van der Waals surface area contributed by atoms with Crippen LogP contribution in [0.25, 0.3) is 6.08 Å². The number of hydrogen-bond donors (Lipinski definition) is 1. The average molecular weight is 435 g/mol. The van der Waals surface area contributed by atoms with Crippen molar-refractivity contribution >= 4 is 24.5 Å². The molecule has 4 atom stereocenters. The fourth-order valence-electron chi connectivity index (χ4n) is 5.29. The lowest BCUT2D eigenvalue weighted by Gasteiger charge is -2.53. The van der Waals surface area contributed by atoms with Crippen LogP contribution >= 0.6 is 0 Å². The molecule has 0 amide bonds. The minimum atomic E-state index is -2.76. The van der Waals surface area contributed by atoms with E-state index in [9.17, 15) is 14.6 Å². The van der Waals surface area contributed by atoms with Crippen LogP contribution in [0, 0.1) is 0 Å². The Morgan fingerprint density at radius 1 is 1.16 bits per heavy atom. The molecule has 32 heavy (non-hydrogen) atoms. The van der Waals surface area contributed by atoms with Crippen molar-refractivity contribution in [1.29, 1.82) is 0 Å². The molecular formula is C25H30BNO5. The summed E-state index contributed by atoms with van der Waals surface area (Å²) < 4.78 is 11.7.